The van der Waals surface area contributed by atoms with E-state index < -0.39 is 0 Å². The zero-order chi connectivity index (χ0) is 12.3. The predicted molar refractivity (Wildman–Crippen MR) is 61.6 cm³/mol. The van der Waals surface area contributed by atoms with Crippen molar-refractivity contribution >= 4 is 0 Å². The molecule has 0 radical (unpaired) electrons. The van der Waals surface area contributed by atoms with Crippen LogP contribution < -0.4 is 10.1 Å². The normalized spacial score (nSPS) is 12.4. The molecular weight excluding hydrogens is 220 g/mol. The fraction of sp³-hybridized carbons (Fsp3) is 0.364. The Morgan fingerprint density at radius 2 is 2.24 bits per heavy atom. The Labute approximate surface area is 99.0 Å². The molecule has 1 N–H and O–H groups in total. The summed E-state index contributed by atoms with van der Waals surface area (Å²) in [7, 11) is 3.41. The molecule has 2 aromatic heterocycles. The first kappa shape index (κ1) is 11.5. The molecule has 90 valence electrons. The Bertz CT molecular complexity index is 498. The summed E-state index contributed by atoms with van der Waals surface area (Å²) in [6.07, 6.45) is 3.27. The molecule has 17 heavy (non-hydrogen) atoms. The van der Waals surface area contributed by atoms with E-state index in [0.29, 0.717) is 17.5 Å². The van der Waals surface area contributed by atoms with Gasteiger partial charge in [0.25, 0.3) is 5.89 Å². The zero-order valence-electron chi connectivity index (χ0n) is 9.97. The Kier molecular flexibility index (Phi) is 3.34. The Morgan fingerprint density at radius 3 is 2.94 bits per heavy atom. The lowest BCUT2D eigenvalue weighted by atomic mass is 10.2. The SMILES string of the molecule is CNC(C)c1nnc(-c2ccncc2OC)o1. The number of methoxy groups -OCH3 is 1. The number of rotatable bonds is 4. The Hall–Kier alpha value is -1.95. The molecule has 0 spiro atoms. The fourth-order valence-corrected chi connectivity index (χ4v) is 1.36. The minimum absolute atomic E-state index is 0.0177. The van der Waals surface area contributed by atoms with Crippen LogP contribution in [-0.4, -0.2) is 29.3 Å². The van der Waals surface area contributed by atoms with Crippen LogP contribution in [0.5, 0.6) is 5.75 Å². The van der Waals surface area contributed by atoms with Crippen molar-refractivity contribution in [1.82, 2.24) is 20.5 Å². The lowest BCUT2D eigenvalue weighted by molar-refractivity contribution is 0.408. The minimum Gasteiger partial charge on any atom is -0.494 e. The van der Waals surface area contributed by atoms with Crippen LogP contribution in [-0.2, 0) is 0 Å². The monoisotopic (exact) mass is 234 g/mol. The number of pyridine rings is 1. The van der Waals surface area contributed by atoms with E-state index in [9.17, 15) is 0 Å². The molecule has 6 nitrogen and oxygen atoms in total. The van der Waals surface area contributed by atoms with Crippen LogP contribution in [0, 0.1) is 0 Å². The van der Waals surface area contributed by atoms with Crippen LogP contribution >= 0.6 is 0 Å². The first-order valence-corrected chi connectivity index (χ1v) is 5.25. The van der Waals surface area contributed by atoms with E-state index in [2.05, 4.69) is 20.5 Å². The van der Waals surface area contributed by atoms with Gasteiger partial charge in [0.2, 0.25) is 5.89 Å². The van der Waals surface area contributed by atoms with Crippen molar-refractivity contribution in [3.05, 3.63) is 24.4 Å². The first-order chi connectivity index (χ1) is 8.26. The maximum Gasteiger partial charge on any atom is 0.251 e. The lowest BCUT2D eigenvalue weighted by Gasteiger charge is -2.04. The number of ether oxygens (including phenoxy) is 1. The zero-order valence-corrected chi connectivity index (χ0v) is 9.97. The third-order valence-corrected chi connectivity index (χ3v) is 2.48. The average Bonchev–Trinajstić information content (AvgIpc) is 2.87. The van der Waals surface area contributed by atoms with E-state index in [1.54, 1.807) is 25.6 Å². The van der Waals surface area contributed by atoms with E-state index in [1.807, 2.05) is 14.0 Å². The summed E-state index contributed by atoms with van der Waals surface area (Å²) in [4.78, 5) is 3.97. The van der Waals surface area contributed by atoms with Crippen LogP contribution in [0.25, 0.3) is 11.5 Å². The maximum absolute atomic E-state index is 5.57. The maximum atomic E-state index is 5.57. The third-order valence-electron chi connectivity index (χ3n) is 2.48. The molecular formula is C11H14N4O2. The van der Waals surface area contributed by atoms with Gasteiger partial charge in [0.05, 0.1) is 24.9 Å². The average molecular weight is 234 g/mol. The smallest absolute Gasteiger partial charge is 0.251 e. The van der Waals surface area contributed by atoms with Crippen LogP contribution in [0.1, 0.15) is 18.9 Å². The predicted octanol–water partition coefficient (Wildman–Crippen LogP) is 1.42. The van der Waals surface area contributed by atoms with Gasteiger partial charge in [0, 0.05) is 6.20 Å². The van der Waals surface area contributed by atoms with Crippen LogP contribution in [0.4, 0.5) is 0 Å². The molecule has 0 fully saturated rings. The largest absolute Gasteiger partial charge is 0.494 e. The fourth-order valence-electron chi connectivity index (χ4n) is 1.36. The van der Waals surface area contributed by atoms with E-state index in [0.717, 1.165) is 5.56 Å². The van der Waals surface area contributed by atoms with Crippen LogP contribution in [0.3, 0.4) is 0 Å². The summed E-state index contributed by atoms with van der Waals surface area (Å²) in [6, 6.07) is 1.80. The lowest BCUT2D eigenvalue weighted by Crippen LogP contribution is -2.12. The number of hydrogen-bond donors (Lipinski definition) is 1. The van der Waals surface area contributed by atoms with Crippen LogP contribution in [0.2, 0.25) is 0 Å². The van der Waals surface area contributed by atoms with Gasteiger partial charge in [-0.15, -0.1) is 10.2 Å². The molecule has 0 aliphatic rings. The minimum atomic E-state index is 0.0177. The molecule has 0 bridgehead atoms. The van der Waals surface area contributed by atoms with Crippen molar-refractivity contribution in [2.24, 2.45) is 0 Å². The quantitative estimate of drug-likeness (QED) is 0.862. The number of nitrogens with zero attached hydrogens (tertiary/aromatic N) is 3. The Balaban J connectivity index is 2.37. The van der Waals surface area contributed by atoms with E-state index in [4.69, 9.17) is 9.15 Å². The molecule has 0 amide bonds. The van der Waals surface area contributed by atoms with Gasteiger partial charge in [-0.2, -0.15) is 0 Å². The second kappa shape index (κ2) is 4.92. The second-order valence-corrected chi connectivity index (χ2v) is 3.53. The molecule has 0 saturated carbocycles. The molecule has 1 atom stereocenters. The van der Waals surface area contributed by atoms with Crippen molar-refractivity contribution in [1.29, 1.82) is 0 Å². The molecule has 0 aliphatic carbocycles. The highest BCUT2D eigenvalue weighted by atomic mass is 16.5. The van der Waals surface area contributed by atoms with Crippen molar-refractivity contribution in [2.75, 3.05) is 14.2 Å². The molecule has 2 aromatic rings. The molecule has 2 heterocycles. The van der Waals surface area contributed by atoms with Gasteiger partial charge < -0.3 is 14.5 Å². The van der Waals surface area contributed by atoms with E-state index >= 15 is 0 Å². The van der Waals surface area contributed by atoms with Crippen molar-refractivity contribution in [3.8, 4) is 17.2 Å². The molecule has 6 heteroatoms. The van der Waals surface area contributed by atoms with Gasteiger partial charge >= 0.3 is 0 Å². The standard InChI is InChI=1S/C11H14N4O2/c1-7(12-2)10-14-15-11(17-10)8-4-5-13-6-9(8)16-3/h4-7,12H,1-3H3. The van der Waals surface area contributed by atoms with Gasteiger partial charge in [-0.05, 0) is 20.0 Å². The van der Waals surface area contributed by atoms with Crippen molar-refractivity contribution in [2.45, 2.75) is 13.0 Å². The second-order valence-electron chi connectivity index (χ2n) is 3.53. The van der Waals surface area contributed by atoms with Crippen molar-refractivity contribution in [3.63, 3.8) is 0 Å². The summed E-state index contributed by atoms with van der Waals surface area (Å²) in [6.45, 7) is 1.95. The Morgan fingerprint density at radius 1 is 1.41 bits per heavy atom. The first-order valence-electron chi connectivity index (χ1n) is 5.25. The van der Waals surface area contributed by atoms with E-state index in [1.165, 1.54) is 0 Å². The van der Waals surface area contributed by atoms with Gasteiger partial charge in [0.15, 0.2) is 0 Å². The number of nitrogens with one attached hydrogen (secondary N) is 1. The highest BCUT2D eigenvalue weighted by Gasteiger charge is 2.16. The summed E-state index contributed by atoms with van der Waals surface area (Å²) in [5.74, 6) is 1.59. The van der Waals surface area contributed by atoms with Gasteiger partial charge in [-0.25, -0.2) is 0 Å². The highest BCUT2D eigenvalue weighted by molar-refractivity contribution is 5.60. The summed E-state index contributed by atoms with van der Waals surface area (Å²) in [5.41, 5.74) is 0.740. The summed E-state index contributed by atoms with van der Waals surface area (Å²) < 4.78 is 10.8. The molecule has 1 unspecified atom stereocenters. The summed E-state index contributed by atoms with van der Waals surface area (Å²) >= 11 is 0. The molecule has 0 saturated heterocycles. The third kappa shape index (κ3) is 2.26. The van der Waals surface area contributed by atoms with Crippen LogP contribution in [0.15, 0.2) is 22.9 Å². The van der Waals surface area contributed by atoms with Gasteiger partial charge in [0.1, 0.15) is 5.75 Å². The number of aromatic nitrogens is 3. The molecule has 0 aliphatic heterocycles. The molecule has 2 rings (SSSR count). The number of hydrogen-bond acceptors (Lipinski definition) is 6. The highest BCUT2D eigenvalue weighted by Crippen LogP contribution is 2.28. The molecule has 0 aromatic carbocycles. The van der Waals surface area contributed by atoms with Crippen molar-refractivity contribution < 1.29 is 9.15 Å². The van der Waals surface area contributed by atoms with E-state index in [-0.39, 0.29) is 6.04 Å². The summed E-state index contributed by atoms with van der Waals surface area (Å²) in [5, 5.41) is 11.0. The van der Waals surface area contributed by atoms with Gasteiger partial charge in [-0.1, -0.05) is 0 Å². The topological polar surface area (TPSA) is 73.1 Å². The van der Waals surface area contributed by atoms with Gasteiger partial charge in [-0.3, -0.25) is 4.98 Å².